The standard InChI is InChI=1S/C25H44NO3P/c1-4-7-8-9-10-11-12-22-13-15-23(16-14-22)24-17-18-25(26,21-24)19-20-30(27,28-5-2)29-6-3/h13-16,24H,4-12,17-21,26H2,1-3H3/t24-,25-/m0/s1. The maximum Gasteiger partial charge on any atom is 0.330 e. The van der Waals surface area contributed by atoms with E-state index in [1.807, 2.05) is 13.8 Å². The Balaban J connectivity index is 1.80. The third-order valence-electron chi connectivity index (χ3n) is 6.45. The van der Waals surface area contributed by atoms with Crippen LogP contribution >= 0.6 is 7.60 Å². The van der Waals surface area contributed by atoms with Crippen LogP contribution in [0.2, 0.25) is 0 Å². The van der Waals surface area contributed by atoms with Gasteiger partial charge in [0, 0.05) is 5.54 Å². The van der Waals surface area contributed by atoms with Gasteiger partial charge in [-0.25, -0.2) is 0 Å². The lowest BCUT2D eigenvalue weighted by atomic mass is 9.90. The van der Waals surface area contributed by atoms with Gasteiger partial charge in [0.15, 0.2) is 0 Å². The minimum absolute atomic E-state index is 0.272. The molecule has 1 aliphatic carbocycles. The highest BCUT2D eigenvalue weighted by Crippen LogP contribution is 2.51. The number of aryl methyl sites for hydroxylation is 1. The molecule has 0 amide bonds. The fourth-order valence-electron chi connectivity index (χ4n) is 4.65. The highest BCUT2D eigenvalue weighted by molar-refractivity contribution is 7.53. The number of rotatable bonds is 15. The molecule has 4 nitrogen and oxygen atoms in total. The van der Waals surface area contributed by atoms with Gasteiger partial charge in [0.1, 0.15) is 0 Å². The Hall–Kier alpha value is -0.670. The lowest BCUT2D eigenvalue weighted by molar-refractivity contribution is 0.217. The number of unbranched alkanes of at least 4 members (excludes halogenated alkanes) is 5. The molecule has 1 aliphatic rings. The molecule has 1 aromatic rings. The van der Waals surface area contributed by atoms with Crippen molar-refractivity contribution in [3.8, 4) is 0 Å². The molecule has 0 unspecified atom stereocenters. The Morgan fingerprint density at radius 1 is 1.00 bits per heavy atom. The van der Waals surface area contributed by atoms with Crippen LogP contribution in [0.5, 0.6) is 0 Å². The van der Waals surface area contributed by atoms with Crippen LogP contribution in [-0.4, -0.2) is 24.9 Å². The molecule has 1 aromatic carbocycles. The maximum atomic E-state index is 12.8. The number of hydrogen-bond acceptors (Lipinski definition) is 4. The van der Waals surface area contributed by atoms with Crippen LogP contribution in [0, 0.1) is 0 Å². The maximum absolute atomic E-state index is 12.8. The third kappa shape index (κ3) is 8.46. The average Bonchev–Trinajstić information content (AvgIpc) is 3.13. The molecule has 2 atom stereocenters. The van der Waals surface area contributed by atoms with Crippen LogP contribution in [0.1, 0.15) is 102 Å². The highest BCUT2D eigenvalue weighted by Gasteiger charge is 2.38. The average molecular weight is 438 g/mol. The Morgan fingerprint density at radius 3 is 2.27 bits per heavy atom. The molecule has 0 aromatic heterocycles. The fraction of sp³-hybridized carbons (Fsp3) is 0.760. The van der Waals surface area contributed by atoms with Crippen molar-refractivity contribution in [3.05, 3.63) is 35.4 Å². The van der Waals surface area contributed by atoms with E-state index in [1.165, 1.54) is 56.1 Å². The molecule has 0 saturated heterocycles. The van der Waals surface area contributed by atoms with Crippen molar-refractivity contribution in [2.75, 3.05) is 19.4 Å². The normalized spacial score (nSPS) is 21.9. The molecular weight excluding hydrogens is 393 g/mol. The van der Waals surface area contributed by atoms with E-state index < -0.39 is 7.60 Å². The van der Waals surface area contributed by atoms with Crippen molar-refractivity contribution in [2.45, 2.75) is 103 Å². The first-order valence-corrected chi connectivity index (χ1v) is 13.9. The van der Waals surface area contributed by atoms with Gasteiger partial charge in [-0.1, -0.05) is 63.3 Å². The largest absolute Gasteiger partial charge is 0.330 e. The van der Waals surface area contributed by atoms with E-state index in [2.05, 4.69) is 31.2 Å². The van der Waals surface area contributed by atoms with Crippen molar-refractivity contribution in [1.29, 1.82) is 0 Å². The smallest absolute Gasteiger partial charge is 0.325 e. The molecule has 1 saturated carbocycles. The summed E-state index contributed by atoms with van der Waals surface area (Å²) in [5, 5.41) is 0. The summed E-state index contributed by atoms with van der Waals surface area (Å²) >= 11 is 0. The SMILES string of the molecule is CCCCCCCCc1ccc([C@H]2CC[C@](N)(CCP(=O)(OCC)OCC)C2)cc1. The zero-order chi connectivity index (χ0) is 21.9. The van der Waals surface area contributed by atoms with Gasteiger partial charge in [-0.15, -0.1) is 0 Å². The van der Waals surface area contributed by atoms with Crippen LogP contribution in [0.3, 0.4) is 0 Å². The first kappa shape index (κ1) is 25.6. The summed E-state index contributed by atoms with van der Waals surface area (Å²) < 4.78 is 23.6. The summed E-state index contributed by atoms with van der Waals surface area (Å²) in [4.78, 5) is 0. The molecule has 0 heterocycles. The molecule has 2 N–H and O–H groups in total. The molecule has 5 heteroatoms. The topological polar surface area (TPSA) is 61.6 Å². The molecule has 0 spiro atoms. The number of hydrogen-bond donors (Lipinski definition) is 1. The first-order valence-electron chi connectivity index (χ1n) is 12.2. The van der Waals surface area contributed by atoms with E-state index in [-0.39, 0.29) is 5.54 Å². The van der Waals surface area contributed by atoms with Gasteiger partial charge in [0.25, 0.3) is 0 Å². The molecule has 0 radical (unpaired) electrons. The van der Waals surface area contributed by atoms with Gasteiger partial charge in [0.2, 0.25) is 0 Å². The lowest BCUT2D eigenvalue weighted by Crippen LogP contribution is -2.37. The zero-order valence-corrected chi connectivity index (χ0v) is 20.4. The van der Waals surface area contributed by atoms with Crippen molar-refractivity contribution >= 4 is 7.60 Å². The summed E-state index contributed by atoms with van der Waals surface area (Å²) in [6.07, 6.45) is 13.4. The van der Waals surface area contributed by atoms with Gasteiger partial charge in [0.05, 0.1) is 19.4 Å². The fourth-order valence-corrected chi connectivity index (χ4v) is 6.49. The summed E-state index contributed by atoms with van der Waals surface area (Å²) in [7, 11) is -3.01. The summed E-state index contributed by atoms with van der Waals surface area (Å²) in [5.41, 5.74) is 9.27. The second-order valence-electron chi connectivity index (χ2n) is 8.98. The zero-order valence-electron chi connectivity index (χ0n) is 19.5. The second kappa shape index (κ2) is 13.0. The Kier molecular flexibility index (Phi) is 11.1. The van der Waals surface area contributed by atoms with Crippen LogP contribution in [-0.2, 0) is 20.0 Å². The second-order valence-corrected chi connectivity index (χ2v) is 11.2. The van der Waals surface area contributed by atoms with Crippen LogP contribution in [0.15, 0.2) is 24.3 Å². The minimum atomic E-state index is -3.01. The van der Waals surface area contributed by atoms with Gasteiger partial charge in [-0.05, 0) is 69.4 Å². The van der Waals surface area contributed by atoms with Gasteiger partial charge in [-0.3, -0.25) is 4.57 Å². The first-order chi connectivity index (χ1) is 14.4. The monoisotopic (exact) mass is 437 g/mol. The number of nitrogens with two attached hydrogens (primary N) is 1. The van der Waals surface area contributed by atoms with Crippen molar-refractivity contribution < 1.29 is 13.6 Å². The molecular formula is C25H44NO3P. The third-order valence-corrected chi connectivity index (χ3v) is 8.52. The highest BCUT2D eigenvalue weighted by atomic mass is 31.2. The van der Waals surface area contributed by atoms with E-state index in [9.17, 15) is 4.57 Å². The molecule has 172 valence electrons. The summed E-state index contributed by atoms with van der Waals surface area (Å²) in [5.74, 6) is 0.497. The van der Waals surface area contributed by atoms with Crippen molar-refractivity contribution in [1.82, 2.24) is 0 Å². The number of benzene rings is 1. The molecule has 0 aliphatic heterocycles. The van der Waals surface area contributed by atoms with Crippen molar-refractivity contribution in [3.63, 3.8) is 0 Å². The van der Waals surface area contributed by atoms with Gasteiger partial charge in [-0.2, -0.15) is 0 Å². The Morgan fingerprint density at radius 2 is 1.63 bits per heavy atom. The molecule has 0 bridgehead atoms. The molecule has 30 heavy (non-hydrogen) atoms. The van der Waals surface area contributed by atoms with E-state index in [4.69, 9.17) is 14.8 Å². The van der Waals surface area contributed by atoms with E-state index in [1.54, 1.807) is 0 Å². The summed E-state index contributed by atoms with van der Waals surface area (Å²) in [6.45, 7) is 6.78. The van der Waals surface area contributed by atoms with E-state index in [0.29, 0.717) is 31.7 Å². The Labute approximate surface area is 184 Å². The summed E-state index contributed by atoms with van der Waals surface area (Å²) in [6, 6.07) is 9.20. The van der Waals surface area contributed by atoms with Crippen LogP contribution in [0.25, 0.3) is 0 Å². The van der Waals surface area contributed by atoms with Crippen LogP contribution < -0.4 is 5.73 Å². The van der Waals surface area contributed by atoms with Crippen molar-refractivity contribution in [2.24, 2.45) is 5.73 Å². The van der Waals surface area contributed by atoms with Gasteiger partial charge >= 0.3 is 7.60 Å². The Bertz CT molecular complexity index is 638. The van der Waals surface area contributed by atoms with E-state index >= 15 is 0 Å². The predicted molar refractivity (Wildman–Crippen MR) is 127 cm³/mol. The minimum Gasteiger partial charge on any atom is -0.325 e. The molecule has 2 rings (SSSR count). The molecule has 1 fully saturated rings. The lowest BCUT2D eigenvalue weighted by Gasteiger charge is -2.27. The predicted octanol–water partition coefficient (Wildman–Crippen LogP) is 7.21. The van der Waals surface area contributed by atoms with Crippen LogP contribution in [0.4, 0.5) is 0 Å². The quantitative estimate of drug-likeness (QED) is 0.233. The van der Waals surface area contributed by atoms with Gasteiger partial charge < -0.3 is 14.8 Å². The van der Waals surface area contributed by atoms with E-state index in [0.717, 1.165) is 19.3 Å².